The van der Waals surface area contributed by atoms with Crippen molar-refractivity contribution in [3.63, 3.8) is 0 Å². The van der Waals surface area contributed by atoms with E-state index in [0.29, 0.717) is 5.41 Å². The maximum atomic E-state index is 3.65. The van der Waals surface area contributed by atoms with Gasteiger partial charge in [0, 0.05) is 22.8 Å². The van der Waals surface area contributed by atoms with E-state index >= 15 is 0 Å². The number of thiophene rings is 1. The molecule has 16 heavy (non-hydrogen) atoms. The van der Waals surface area contributed by atoms with Crippen LogP contribution in [0.5, 0.6) is 0 Å². The lowest BCUT2D eigenvalue weighted by Crippen LogP contribution is -2.27. The van der Waals surface area contributed by atoms with Gasteiger partial charge in [-0.25, -0.2) is 0 Å². The zero-order chi connectivity index (χ0) is 11.8. The van der Waals surface area contributed by atoms with Gasteiger partial charge < -0.3 is 5.32 Å². The van der Waals surface area contributed by atoms with Gasteiger partial charge in [0.2, 0.25) is 0 Å². The van der Waals surface area contributed by atoms with Crippen LogP contribution in [0, 0.1) is 25.2 Å². The molecule has 1 aliphatic rings. The molecular weight excluding hydrogens is 214 g/mol. The Kier molecular flexibility index (Phi) is 3.41. The predicted molar refractivity (Wildman–Crippen MR) is 72.0 cm³/mol. The second-order valence-electron chi connectivity index (χ2n) is 5.56. The second-order valence-corrected chi connectivity index (χ2v) is 7.02. The molecule has 0 atom stereocenters. The molecule has 0 radical (unpaired) electrons. The average Bonchev–Trinajstić information content (AvgIpc) is 2.91. The highest BCUT2D eigenvalue weighted by molar-refractivity contribution is 7.12. The van der Waals surface area contributed by atoms with Crippen LogP contribution in [-0.2, 0) is 6.54 Å². The third kappa shape index (κ3) is 2.49. The van der Waals surface area contributed by atoms with E-state index in [-0.39, 0.29) is 0 Å². The number of hydrogen-bond acceptors (Lipinski definition) is 2. The zero-order valence-electron chi connectivity index (χ0n) is 10.9. The molecule has 0 unspecified atom stereocenters. The van der Waals surface area contributed by atoms with Gasteiger partial charge in [0.25, 0.3) is 0 Å². The fourth-order valence-electron chi connectivity index (χ4n) is 2.42. The van der Waals surface area contributed by atoms with E-state index in [0.717, 1.165) is 12.5 Å². The van der Waals surface area contributed by atoms with Crippen LogP contribution in [0.2, 0.25) is 0 Å². The first-order valence-corrected chi connectivity index (χ1v) is 7.12. The Labute approximate surface area is 103 Å². The highest BCUT2D eigenvalue weighted by atomic mass is 32.1. The summed E-state index contributed by atoms with van der Waals surface area (Å²) < 4.78 is 0. The first-order chi connectivity index (χ1) is 7.53. The maximum absolute atomic E-state index is 3.65. The quantitative estimate of drug-likeness (QED) is 0.819. The smallest absolute Gasteiger partial charge is 0.0216 e. The van der Waals surface area contributed by atoms with E-state index in [2.05, 4.69) is 39.1 Å². The summed E-state index contributed by atoms with van der Waals surface area (Å²) in [7, 11) is 0. The molecule has 0 spiro atoms. The molecule has 1 aliphatic carbocycles. The molecule has 0 aliphatic heterocycles. The molecule has 1 aromatic rings. The van der Waals surface area contributed by atoms with Gasteiger partial charge in [-0.15, -0.1) is 11.3 Å². The Morgan fingerprint density at radius 3 is 2.50 bits per heavy atom. The summed E-state index contributed by atoms with van der Waals surface area (Å²) in [5.41, 5.74) is 2.11. The molecule has 1 aromatic heterocycles. The number of hydrogen-bond donors (Lipinski definition) is 1. The molecule has 2 heteroatoms. The summed E-state index contributed by atoms with van der Waals surface area (Å²) in [5, 5.41) is 3.65. The van der Waals surface area contributed by atoms with Crippen molar-refractivity contribution in [3.05, 3.63) is 21.4 Å². The summed E-state index contributed by atoms with van der Waals surface area (Å²) in [6, 6.07) is 2.32. The third-order valence-corrected chi connectivity index (χ3v) is 5.06. The van der Waals surface area contributed by atoms with Crippen molar-refractivity contribution in [2.45, 2.75) is 47.1 Å². The Bertz CT molecular complexity index is 361. The van der Waals surface area contributed by atoms with Gasteiger partial charge in [-0.05, 0) is 49.7 Å². The minimum Gasteiger partial charge on any atom is -0.312 e. The zero-order valence-corrected chi connectivity index (χ0v) is 11.7. The van der Waals surface area contributed by atoms with Crippen LogP contribution in [-0.4, -0.2) is 6.54 Å². The van der Waals surface area contributed by atoms with Crippen LogP contribution in [0.1, 0.15) is 42.0 Å². The van der Waals surface area contributed by atoms with Crippen molar-refractivity contribution < 1.29 is 0 Å². The Morgan fingerprint density at radius 2 is 2.06 bits per heavy atom. The molecule has 1 N–H and O–H groups in total. The highest BCUT2D eigenvalue weighted by Gasteiger charge is 2.44. The molecule has 0 bridgehead atoms. The Balaban J connectivity index is 1.82. The highest BCUT2D eigenvalue weighted by Crippen LogP contribution is 2.51. The summed E-state index contributed by atoms with van der Waals surface area (Å²) >= 11 is 1.91. The van der Waals surface area contributed by atoms with Gasteiger partial charge in [-0.2, -0.15) is 0 Å². The summed E-state index contributed by atoms with van der Waals surface area (Å²) in [6.07, 6.45) is 2.83. The molecular formula is C14H23NS. The van der Waals surface area contributed by atoms with Crippen molar-refractivity contribution >= 4 is 11.3 Å². The maximum Gasteiger partial charge on any atom is 0.0216 e. The summed E-state index contributed by atoms with van der Waals surface area (Å²) in [5.74, 6) is 0.824. The topological polar surface area (TPSA) is 12.0 Å². The standard InChI is InChI=1S/C14H23NS/c1-10(2)14(5-6-14)9-15-8-13-7-11(3)16-12(13)4/h7,10,15H,5-6,8-9H2,1-4H3. The summed E-state index contributed by atoms with van der Waals surface area (Å²) in [6.45, 7) is 11.4. The number of nitrogens with one attached hydrogen (secondary N) is 1. The van der Waals surface area contributed by atoms with E-state index in [4.69, 9.17) is 0 Å². The van der Waals surface area contributed by atoms with E-state index in [1.165, 1.54) is 34.7 Å². The van der Waals surface area contributed by atoms with Crippen molar-refractivity contribution in [2.24, 2.45) is 11.3 Å². The molecule has 2 rings (SSSR count). The van der Waals surface area contributed by atoms with Crippen LogP contribution in [0.15, 0.2) is 6.07 Å². The van der Waals surface area contributed by atoms with Crippen LogP contribution < -0.4 is 5.32 Å². The van der Waals surface area contributed by atoms with E-state index in [1.54, 1.807) is 0 Å². The molecule has 0 aromatic carbocycles. The number of aryl methyl sites for hydroxylation is 2. The Hall–Kier alpha value is -0.340. The van der Waals surface area contributed by atoms with Crippen molar-refractivity contribution in [1.82, 2.24) is 5.32 Å². The van der Waals surface area contributed by atoms with Gasteiger partial charge in [-0.1, -0.05) is 13.8 Å². The average molecular weight is 237 g/mol. The van der Waals surface area contributed by atoms with Crippen LogP contribution in [0.25, 0.3) is 0 Å². The largest absolute Gasteiger partial charge is 0.312 e. The van der Waals surface area contributed by atoms with Crippen LogP contribution >= 0.6 is 11.3 Å². The summed E-state index contributed by atoms with van der Waals surface area (Å²) in [4.78, 5) is 2.90. The lowest BCUT2D eigenvalue weighted by molar-refractivity contribution is 0.338. The molecule has 0 amide bonds. The number of rotatable bonds is 5. The molecule has 1 fully saturated rings. The lowest BCUT2D eigenvalue weighted by Gasteiger charge is -2.20. The fraction of sp³-hybridized carbons (Fsp3) is 0.714. The van der Waals surface area contributed by atoms with Crippen molar-refractivity contribution in [2.75, 3.05) is 6.54 Å². The Morgan fingerprint density at radius 1 is 1.38 bits per heavy atom. The minimum atomic E-state index is 0.624. The van der Waals surface area contributed by atoms with Gasteiger partial charge in [0.1, 0.15) is 0 Å². The molecule has 90 valence electrons. The van der Waals surface area contributed by atoms with E-state index in [9.17, 15) is 0 Å². The molecule has 1 nitrogen and oxygen atoms in total. The fourth-order valence-corrected chi connectivity index (χ4v) is 3.37. The van der Waals surface area contributed by atoms with E-state index in [1.807, 2.05) is 11.3 Å². The lowest BCUT2D eigenvalue weighted by atomic mass is 9.92. The van der Waals surface area contributed by atoms with Crippen molar-refractivity contribution in [1.29, 1.82) is 0 Å². The van der Waals surface area contributed by atoms with Gasteiger partial charge in [-0.3, -0.25) is 0 Å². The van der Waals surface area contributed by atoms with Crippen LogP contribution in [0.3, 0.4) is 0 Å². The molecule has 0 saturated heterocycles. The second kappa shape index (κ2) is 4.50. The SMILES string of the molecule is Cc1cc(CNCC2(C(C)C)CC2)c(C)s1. The first-order valence-electron chi connectivity index (χ1n) is 6.30. The van der Waals surface area contributed by atoms with Gasteiger partial charge in [0.05, 0.1) is 0 Å². The third-order valence-electron chi connectivity index (χ3n) is 4.05. The molecule has 1 heterocycles. The van der Waals surface area contributed by atoms with E-state index < -0.39 is 0 Å². The predicted octanol–water partition coefficient (Wildman–Crippen LogP) is 3.89. The first kappa shape index (κ1) is 12.1. The monoisotopic (exact) mass is 237 g/mol. The molecule has 1 saturated carbocycles. The van der Waals surface area contributed by atoms with Gasteiger partial charge in [0.15, 0.2) is 0 Å². The van der Waals surface area contributed by atoms with Gasteiger partial charge >= 0.3 is 0 Å². The normalized spacial score (nSPS) is 18.1. The minimum absolute atomic E-state index is 0.624. The van der Waals surface area contributed by atoms with Crippen LogP contribution in [0.4, 0.5) is 0 Å². The van der Waals surface area contributed by atoms with Crippen molar-refractivity contribution in [3.8, 4) is 0 Å².